The second kappa shape index (κ2) is 21.5. The average molecular weight is 428 g/mol. The van der Waals surface area contributed by atoms with E-state index < -0.39 is 0 Å². The Morgan fingerprint density at radius 1 is 1.35 bits per heavy atom. The standard InChI is InChI=1S/C16H22N4O2.C4H9N.C2H4.C2H2/c1-4-15(20(12-21)22-3)7-5-6-13(2)16(19-17)14-8-10-18-11-9-14;1-2-4-5-3-1;2*1-2/h5-13H,4,17H2,1-3H3;5H,1-4H2;1-2H2;1-2H/b6-5-,15-7+,19-16+;;;. The number of carbonyl (C=O) groups excluding carboxylic acids is 1. The lowest BCUT2D eigenvalue weighted by atomic mass is 9.98. The molecule has 1 fully saturated rings. The summed E-state index contributed by atoms with van der Waals surface area (Å²) in [5.41, 5.74) is 2.46. The fourth-order valence-corrected chi connectivity index (χ4v) is 2.60. The van der Waals surface area contributed by atoms with E-state index >= 15 is 0 Å². The second-order valence-electron chi connectivity index (χ2n) is 6.01. The van der Waals surface area contributed by atoms with Crippen LogP contribution in [-0.2, 0) is 9.63 Å². The molecule has 1 aromatic heterocycles. The van der Waals surface area contributed by atoms with Crippen molar-refractivity contribution >= 4 is 12.1 Å². The van der Waals surface area contributed by atoms with E-state index in [0.29, 0.717) is 12.8 Å². The molecule has 0 aromatic carbocycles. The molecule has 1 saturated heterocycles. The van der Waals surface area contributed by atoms with Crippen molar-refractivity contribution in [1.82, 2.24) is 15.4 Å². The third-order valence-corrected chi connectivity index (χ3v) is 4.13. The molecule has 7 heteroatoms. The van der Waals surface area contributed by atoms with Crippen LogP contribution >= 0.6 is 0 Å². The minimum absolute atomic E-state index is 0.0222. The SMILES string of the molecule is C#C.C1CCNC1.C=C.CC/C(=C\C=C/C(C)/C(=N\N)c1ccncc1)N(C=O)OC. The van der Waals surface area contributed by atoms with Crippen LogP contribution in [0.25, 0.3) is 0 Å². The molecule has 1 aromatic rings. The van der Waals surface area contributed by atoms with Crippen LogP contribution in [0.3, 0.4) is 0 Å². The summed E-state index contributed by atoms with van der Waals surface area (Å²) >= 11 is 0. The number of hydrazone groups is 1. The summed E-state index contributed by atoms with van der Waals surface area (Å²) in [7, 11) is 1.45. The van der Waals surface area contributed by atoms with Gasteiger partial charge in [0.2, 0.25) is 6.41 Å². The van der Waals surface area contributed by atoms with Gasteiger partial charge in [0.15, 0.2) is 0 Å². The van der Waals surface area contributed by atoms with Gasteiger partial charge in [0.05, 0.1) is 12.8 Å². The molecular formula is C24H37N5O2. The summed E-state index contributed by atoms with van der Waals surface area (Å²) in [6.45, 7) is 12.4. The fraction of sp³-hybridized carbons (Fsp3) is 0.375. The number of pyridine rings is 1. The van der Waals surface area contributed by atoms with Crippen molar-refractivity contribution in [2.45, 2.75) is 33.1 Å². The normalized spacial score (nSPS) is 14.1. The third kappa shape index (κ3) is 12.9. The lowest BCUT2D eigenvalue weighted by Crippen LogP contribution is -2.19. The van der Waals surface area contributed by atoms with Crippen molar-refractivity contribution in [2.24, 2.45) is 16.9 Å². The Morgan fingerprint density at radius 2 is 1.94 bits per heavy atom. The molecule has 1 aliphatic heterocycles. The van der Waals surface area contributed by atoms with Gasteiger partial charge >= 0.3 is 0 Å². The van der Waals surface area contributed by atoms with Gasteiger partial charge in [-0.15, -0.1) is 26.0 Å². The van der Waals surface area contributed by atoms with Crippen molar-refractivity contribution in [2.75, 3.05) is 20.2 Å². The average Bonchev–Trinajstić information content (AvgIpc) is 3.43. The Kier molecular flexibility index (Phi) is 20.8. The van der Waals surface area contributed by atoms with E-state index in [4.69, 9.17) is 10.7 Å². The van der Waals surface area contributed by atoms with E-state index in [-0.39, 0.29) is 5.92 Å². The molecular weight excluding hydrogens is 390 g/mol. The number of nitrogens with one attached hydrogen (secondary N) is 1. The first-order chi connectivity index (χ1) is 15.2. The number of rotatable bonds is 8. The number of nitrogens with two attached hydrogens (primary N) is 1. The molecule has 0 bridgehead atoms. The highest BCUT2D eigenvalue weighted by Crippen LogP contribution is 2.12. The number of aromatic nitrogens is 1. The Hall–Kier alpha value is -3.21. The van der Waals surface area contributed by atoms with E-state index in [1.54, 1.807) is 12.4 Å². The Labute approximate surface area is 187 Å². The molecule has 0 spiro atoms. The zero-order chi connectivity index (χ0) is 23.9. The predicted molar refractivity (Wildman–Crippen MR) is 130 cm³/mol. The molecule has 7 nitrogen and oxygen atoms in total. The number of nitrogens with zero attached hydrogens (tertiary/aromatic N) is 3. The summed E-state index contributed by atoms with van der Waals surface area (Å²) in [5.74, 6) is 5.52. The molecule has 0 radical (unpaired) electrons. The summed E-state index contributed by atoms with van der Waals surface area (Å²) in [4.78, 5) is 19.8. The minimum atomic E-state index is 0.0222. The molecule has 3 N–H and O–H groups in total. The maximum atomic E-state index is 10.9. The highest BCUT2D eigenvalue weighted by molar-refractivity contribution is 6.02. The van der Waals surface area contributed by atoms with E-state index in [2.05, 4.69) is 41.4 Å². The largest absolute Gasteiger partial charge is 0.323 e. The van der Waals surface area contributed by atoms with Gasteiger partial charge in [-0.1, -0.05) is 26.0 Å². The maximum absolute atomic E-state index is 10.9. The van der Waals surface area contributed by atoms with E-state index in [1.165, 1.54) is 38.1 Å². The number of carbonyl (C=O) groups is 1. The fourth-order valence-electron chi connectivity index (χ4n) is 2.60. The summed E-state index contributed by atoms with van der Waals surface area (Å²) in [6, 6.07) is 3.73. The highest BCUT2D eigenvalue weighted by atomic mass is 16.7. The lowest BCUT2D eigenvalue weighted by Gasteiger charge is -2.15. The number of allylic oxidation sites excluding steroid dienone is 4. The minimum Gasteiger partial charge on any atom is -0.323 e. The molecule has 0 aliphatic carbocycles. The topological polar surface area (TPSA) is 92.8 Å². The summed E-state index contributed by atoms with van der Waals surface area (Å²) < 4.78 is 0. The second-order valence-corrected chi connectivity index (χ2v) is 6.01. The summed E-state index contributed by atoms with van der Waals surface area (Å²) in [6.07, 6.45) is 21.1. The van der Waals surface area contributed by atoms with E-state index in [9.17, 15) is 4.79 Å². The molecule has 31 heavy (non-hydrogen) atoms. The predicted octanol–water partition coefficient (Wildman–Crippen LogP) is 3.67. The van der Waals surface area contributed by atoms with E-state index in [0.717, 1.165) is 17.0 Å². The van der Waals surface area contributed by atoms with Crippen molar-refractivity contribution in [1.29, 1.82) is 0 Å². The van der Waals surface area contributed by atoms with Crippen molar-refractivity contribution in [3.63, 3.8) is 0 Å². The first-order valence-electron chi connectivity index (χ1n) is 10.1. The number of terminal acetylenes is 1. The van der Waals surface area contributed by atoms with Crippen LogP contribution in [0.4, 0.5) is 0 Å². The van der Waals surface area contributed by atoms with Crippen LogP contribution < -0.4 is 11.2 Å². The van der Waals surface area contributed by atoms with Gasteiger partial charge in [0.1, 0.15) is 0 Å². The van der Waals surface area contributed by atoms with Crippen LogP contribution in [0.15, 0.2) is 66.7 Å². The van der Waals surface area contributed by atoms with Gasteiger partial charge in [-0.2, -0.15) is 10.2 Å². The zero-order valence-electron chi connectivity index (χ0n) is 19.0. The van der Waals surface area contributed by atoms with Gasteiger partial charge in [0, 0.05) is 29.6 Å². The van der Waals surface area contributed by atoms with Crippen LogP contribution in [0.1, 0.15) is 38.7 Å². The van der Waals surface area contributed by atoms with Gasteiger partial charge in [-0.3, -0.25) is 14.6 Å². The Morgan fingerprint density at radius 3 is 2.32 bits per heavy atom. The highest BCUT2D eigenvalue weighted by Gasteiger charge is 2.10. The van der Waals surface area contributed by atoms with Gasteiger partial charge in [-0.25, -0.2) is 0 Å². The number of hydrogen-bond acceptors (Lipinski definition) is 6. The van der Waals surface area contributed by atoms with Crippen molar-refractivity contribution < 1.29 is 9.63 Å². The van der Waals surface area contributed by atoms with Crippen LogP contribution in [0.2, 0.25) is 0 Å². The molecule has 2 heterocycles. The molecule has 0 saturated carbocycles. The lowest BCUT2D eigenvalue weighted by molar-refractivity contribution is -0.150. The van der Waals surface area contributed by atoms with E-state index in [1.807, 2.05) is 44.2 Å². The van der Waals surface area contributed by atoms with Gasteiger partial charge in [0.25, 0.3) is 0 Å². The molecule has 1 aliphatic rings. The van der Waals surface area contributed by atoms with Crippen LogP contribution in [-0.4, -0.2) is 42.4 Å². The van der Waals surface area contributed by atoms with Crippen LogP contribution in [0, 0.1) is 18.8 Å². The monoisotopic (exact) mass is 427 g/mol. The first-order valence-corrected chi connectivity index (χ1v) is 10.1. The molecule has 2 rings (SSSR count). The molecule has 170 valence electrons. The first kappa shape index (κ1) is 30.0. The number of hydroxylamine groups is 2. The Balaban J connectivity index is 0. The molecule has 1 amide bonds. The number of hydrogen-bond donors (Lipinski definition) is 2. The third-order valence-electron chi connectivity index (χ3n) is 4.13. The van der Waals surface area contributed by atoms with Crippen molar-refractivity contribution in [3.05, 3.63) is 67.2 Å². The zero-order valence-corrected chi connectivity index (χ0v) is 19.0. The van der Waals surface area contributed by atoms with Crippen molar-refractivity contribution in [3.8, 4) is 12.8 Å². The van der Waals surface area contributed by atoms with Gasteiger partial charge in [-0.05, 0) is 50.6 Å². The smallest absolute Gasteiger partial charge is 0.237 e. The molecule has 1 atom stereocenters. The quantitative estimate of drug-likeness (QED) is 0.126. The van der Waals surface area contributed by atoms with Crippen LogP contribution in [0.5, 0.6) is 0 Å². The van der Waals surface area contributed by atoms with Gasteiger partial charge < -0.3 is 11.2 Å². The maximum Gasteiger partial charge on any atom is 0.237 e. The number of amides is 1. The Bertz CT molecular complexity index is 672. The molecule has 1 unspecified atom stereocenters. The summed E-state index contributed by atoms with van der Waals surface area (Å²) in [5, 5.41) is 8.28.